The lowest BCUT2D eigenvalue weighted by molar-refractivity contribution is -0.167. The van der Waals surface area contributed by atoms with Gasteiger partial charge in [0.15, 0.2) is 6.10 Å². The Morgan fingerprint density at radius 2 is 0.488 bits per heavy atom. The van der Waals surface area contributed by atoms with Crippen molar-refractivity contribution < 1.29 is 28.6 Å². The summed E-state index contributed by atoms with van der Waals surface area (Å²) >= 11 is 0. The van der Waals surface area contributed by atoms with E-state index in [4.69, 9.17) is 14.2 Å². The van der Waals surface area contributed by atoms with Crippen molar-refractivity contribution in [3.63, 3.8) is 0 Å². The van der Waals surface area contributed by atoms with Crippen molar-refractivity contribution in [2.45, 2.75) is 290 Å². The van der Waals surface area contributed by atoms with Crippen LogP contribution in [-0.2, 0) is 28.6 Å². The van der Waals surface area contributed by atoms with Crippen molar-refractivity contribution in [3.8, 4) is 0 Å². The zero-order valence-corrected chi connectivity index (χ0v) is 52.9. The molecule has 0 amide bonds. The predicted octanol–water partition coefficient (Wildman–Crippen LogP) is 23.3. The summed E-state index contributed by atoms with van der Waals surface area (Å²) < 4.78 is 16.9. The first kappa shape index (κ1) is 77.0. The molecule has 0 aliphatic heterocycles. The molecule has 0 N–H and O–H groups in total. The fraction of sp³-hybridized carbons (Fsp3) is 0.618. The van der Waals surface area contributed by atoms with E-state index in [9.17, 15) is 14.4 Å². The number of carbonyl (C=O) groups excluding carboxylic acids is 3. The molecule has 0 aromatic rings. The number of unbranched alkanes of at least 4 members (excludes halogenated alkanes) is 22. The van der Waals surface area contributed by atoms with Crippen molar-refractivity contribution in [1.82, 2.24) is 0 Å². The average Bonchev–Trinajstić information content (AvgIpc) is 3.47. The second kappa shape index (κ2) is 68.5. The molecule has 6 nitrogen and oxygen atoms in total. The number of esters is 3. The maximum atomic E-state index is 12.9. The molecule has 0 radical (unpaired) electrons. The van der Waals surface area contributed by atoms with Crippen molar-refractivity contribution in [2.75, 3.05) is 13.2 Å². The minimum Gasteiger partial charge on any atom is -0.462 e. The third kappa shape index (κ3) is 65.8. The highest BCUT2D eigenvalue weighted by Gasteiger charge is 2.19. The van der Waals surface area contributed by atoms with Gasteiger partial charge in [0.05, 0.1) is 0 Å². The molecule has 1 atom stereocenters. The Bertz CT molecular complexity index is 1830. The van der Waals surface area contributed by atoms with Gasteiger partial charge in [0.25, 0.3) is 0 Å². The number of hydrogen-bond acceptors (Lipinski definition) is 6. The summed E-state index contributed by atoms with van der Waals surface area (Å²) in [6, 6.07) is 0. The first-order valence-corrected chi connectivity index (χ1v) is 33.5. The molecule has 0 aromatic heterocycles. The molecule has 0 rings (SSSR count). The third-order valence-electron chi connectivity index (χ3n) is 13.8. The van der Waals surface area contributed by atoms with E-state index in [2.05, 4.69) is 179 Å². The van der Waals surface area contributed by atoms with E-state index in [0.29, 0.717) is 19.3 Å². The fourth-order valence-corrected chi connectivity index (χ4v) is 8.85. The number of hydrogen-bond donors (Lipinski definition) is 0. The normalized spacial score (nSPS) is 13.2. The van der Waals surface area contributed by atoms with Crippen LogP contribution in [0, 0.1) is 0 Å². The molecule has 0 spiro atoms. The van der Waals surface area contributed by atoms with Gasteiger partial charge in [0.1, 0.15) is 13.2 Å². The number of ether oxygens (including phenoxy) is 3. The van der Waals surface area contributed by atoms with Gasteiger partial charge < -0.3 is 14.2 Å². The topological polar surface area (TPSA) is 78.9 Å². The molecular formula is C76H122O6. The molecule has 0 saturated carbocycles. The Balaban J connectivity index is 4.50. The van der Waals surface area contributed by atoms with Gasteiger partial charge >= 0.3 is 17.9 Å². The highest BCUT2D eigenvalue weighted by molar-refractivity contribution is 5.71. The summed E-state index contributed by atoms with van der Waals surface area (Å²) in [6.07, 6.45) is 99.7. The third-order valence-corrected chi connectivity index (χ3v) is 13.8. The van der Waals surface area contributed by atoms with Crippen LogP contribution in [-0.4, -0.2) is 37.2 Å². The summed E-state index contributed by atoms with van der Waals surface area (Å²) in [5.74, 6) is -0.993. The molecule has 6 heteroatoms. The summed E-state index contributed by atoms with van der Waals surface area (Å²) in [5, 5.41) is 0. The van der Waals surface area contributed by atoms with Gasteiger partial charge in [-0.05, 0) is 122 Å². The number of allylic oxidation sites excluding steroid dienone is 26. The van der Waals surface area contributed by atoms with Crippen molar-refractivity contribution in [1.29, 1.82) is 0 Å². The van der Waals surface area contributed by atoms with Crippen LogP contribution >= 0.6 is 0 Å². The van der Waals surface area contributed by atoms with E-state index in [1.807, 2.05) is 0 Å². The lowest BCUT2D eigenvalue weighted by atomic mass is 10.0. The van der Waals surface area contributed by atoms with Crippen LogP contribution in [0.5, 0.6) is 0 Å². The molecule has 0 aromatic carbocycles. The van der Waals surface area contributed by atoms with E-state index in [0.717, 1.165) is 141 Å². The molecule has 0 bridgehead atoms. The smallest absolute Gasteiger partial charge is 0.306 e. The minimum atomic E-state index is -0.819. The Morgan fingerprint density at radius 1 is 0.256 bits per heavy atom. The molecule has 0 aliphatic carbocycles. The average molecular weight is 1130 g/mol. The summed E-state index contributed by atoms with van der Waals surface area (Å²) in [5.41, 5.74) is 0. The number of carbonyl (C=O) groups is 3. The lowest BCUT2D eigenvalue weighted by Crippen LogP contribution is -2.30. The summed E-state index contributed by atoms with van der Waals surface area (Å²) in [6.45, 7) is 6.36. The van der Waals surface area contributed by atoms with E-state index in [1.165, 1.54) is 96.3 Å². The van der Waals surface area contributed by atoms with Gasteiger partial charge in [-0.1, -0.05) is 301 Å². The van der Waals surface area contributed by atoms with Gasteiger partial charge in [-0.2, -0.15) is 0 Å². The van der Waals surface area contributed by atoms with Crippen LogP contribution in [0.3, 0.4) is 0 Å². The Hall–Kier alpha value is -4.97. The van der Waals surface area contributed by atoms with Crippen LogP contribution in [0.25, 0.3) is 0 Å². The summed E-state index contributed by atoms with van der Waals surface area (Å²) in [4.78, 5) is 38.4. The molecule has 462 valence electrons. The van der Waals surface area contributed by atoms with Crippen LogP contribution in [0.1, 0.15) is 284 Å². The first-order chi connectivity index (χ1) is 40.5. The van der Waals surface area contributed by atoms with Crippen LogP contribution in [0.4, 0.5) is 0 Å². The first-order valence-electron chi connectivity index (χ1n) is 33.5. The van der Waals surface area contributed by atoms with E-state index >= 15 is 0 Å². The largest absolute Gasteiger partial charge is 0.462 e. The summed E-state index contributed by atoms with van der Waals surface area (Å²) in [7, 11) is 0. The van der Waals surface area contributed by atoms with Crippen LogP contribution in [0.15, 0.2) is 158 Å². The maximum absolute atomic E-state index is 12.9. The van der Waals surface area contributed by atoms with Crippen LogP contribution in [0.2, 0.25) is 0 Å². The van der Waals surface area contributed by atoms with Gasteiger partial charge in [-0.3, -0.25) is 14.4 Å². The van der Waals surface area contributed by atoms with Crippen molar-refractivity contribution in [3.05, 3.63) is 158 Å². The monoisotopic (exact) mass is 1130 g/mol. The standard InChI is InChI=1S/C76H122O6/c1-4-7-10-13-16-19-22-25-28-31-33-34-35-36-37-38-39-40-41-42-43-46-48-51-54-57-60-63-66-69-75(78)81-72-73(71-80-74(77)68-65-62-59-56-53-50-47-44-30-27-24-21-18-15-12-9-6-3)82-76(79)70-67-64-61-58-55-52-49-45-32-29-26-23-20-17-14-11-8-5-2/h7,9-10,12,16,18-19,21,25,27-28,30,33-34,36-37,39-40,42-43,47-48,50-51,57,60,73H,4-6,8,11,13-15,17,20,22-24,26,29,31-32,35,38,41,44-46,49,52-56,58-59,61-72H2,1-3H3/b10-7-,12-9-,19-16-,21-18-,28-25-,30-27-,34-33-,37-36-,40-39-,43-42-,50-47-,51-48-,60-57-. The molecule has 0 fully saturated rings. The Morgan fingerprint density at radius 3 is 0.793 bits per heavy atom. The van der Waals surface area contributed by atoms with Crippen LogP contribution < -0.4 is 0 Å². The number of rotatable bonds is 59. The van der Waals surface area contributed by atoms with Gasteiger partial charge in [0.2, 0.25) is 0 Å². The molecule has 0 saturated heterocycles. The van der Waals surface area contributed by atoms with E-state index in [-0.39, 0.29) is 37.5 Å². The second-order valence-electron chi connectivity index (χ2n) is 21.6. The highest BCUT2D eigenvalue weighted by Crippen LogP contribution is 2.16. The lowest BCUT2D eigenvalue weighted by Gasteiger charge is -2.18. The van der Waals surface area contributed by atoms with E-state index in [1.54, 1.807) is 0 Å². The SMILES string of the molecule is CC/C=C\C/C=C\C/C=C\C/C=C\C/C=C\C/C=C\C/C=C\C/C=C\C/C=C\CCCC(=O)OCC(COC(=O)CCCCCC/C=C\C/C=C\C/C=C\C/C=C\CC)OC(=O)CCCCCCCCCCCCCCCCCCCC. The van der Waals surface area contributed by atoms with Gasteiger partial charge in [0, 0.05) is 19.3 Å². The molecular weight excluding hydrogens is 1010 g/mol. The van der Waals surface area contributed by atoms with E-state index < -0.39 is 6.10 Å². The van der Waals surface area contributed by atoms with Gasteiger partial charge in [-0.15, -0.1) is 0 Å². The van der Waals surface area contributed by atoms with Crippen molar-refractivity contribution in [2.24, 2.45) is 0 Å². The predicted molar refractivity (Wildman–Crippen MR) is 357 cm³/mol. The second-order valence-corrected chi connectivity index (χ2v) is 21.6. The zero-order valence-electron chi connectivity index (χ0n) is 52.9. The Kier molecular flexibility index (Phi) is 64.4. The molecule has 0 heterocycles. The highest BCUT2D eigenvalue weighted by atomic mass is 16.6. The molecule has 82 heavy (non-hydrogen) atoms. The van der Waals surface area contributed by atoms with Crippen molar-refractivity contribution >= 4 is 17.9 Å². The minimum absolute atomic E-state index is 0.113. The molecule has 1 unspecified atom stereocenters. The zero-order chi connectivity index (χ0) is 59.2. The quantitative estimate of drug-likeness (QED) is 0.0261. The maximum Gasteiger partial charge on any atom is 0.306 e. The fourth-order valence-electron chi connectivity index (χ4n) is 8.85. The molecule has 0 aliphatic rings. The van der Waals surface area contributed by atoms with Gasteiger partial charge in [-0.25, -0.2) is 0 Å². The Labute approximate surface area is 505 Å².